The van der Waals surface area contributed by atoms with E-state index >= 15 is 0 Å². The highest BCUT2D eigenvalue weighted by atomic mass is 16.4. The van der Waals surface area contributed by atoms with Crippen LogP contribution in [0.5, 0.6) is 0 Å². The molecule has 2 aliphatic rings. The van der Waals surface area contributed by atoms with Gasteiger partial charge in [-0.05, 0) is 32.2 Å². The molecule has 2 rings (SSSR count). The average Bonchev–Trinajstić information content (AvgIpc) is 2.26. The molecule has 5 heteroatoms. The van der Waals surface area contributed by atoms with E-state index in [4.69, 9.17) is 5.11 Å². The maximum atomic E-state index is 11.8. The second kappa shape index (κ2) is 5.04. The molecule has 0 spiro atoms. The minimum atomic E-state index is -0.720. The largest absolute Gasteiger partial charge is 0.481 e. The summed E-state index contributed by atoms with van der Waals surface area (Å²) in [4.78, 5) is 25.0. The lowest BCUT2D eigenvalue weighted by molar-refractivity contribution is -0.152. The van der Waals surface area contributed by atoms with Crippen LogP contribution in [0, 0.1) is 5.92 Å². The van der Waals surface area contributed by atoms with Crippen molar-refractivity contribution in [2.24, 2.45) is 5.92 Å². The van der Waals surface area contributed by atoms with Crippen LogP contribution in [0.15, 0.2) is 0 Å². The minimum absolute atomic E-state index is 0.0285. The zero-order valence-corrected chi connectivity index (χ0v) is 10.2. The topological polar surface area (TPSA) is 69.6 Å². The van der Waals surface area contributed by atoms with Crippen LogP contribution in [0.1, 0.15) is 32.1 Å². The highest BCUT2D eigenvalue weighted by Crippen LogP contribution is 2.36. The summed E-state index contributed by atoms with van der Waals surface area (Å²) in [7, 11) is 1.64. The summed E-state index contributed by atoms with van der Waals surface area (Å²) in [5, 5.41) is 11.8. The summed E-state index contributed by atoms with van der Waals surface area (Å²) in [6.07, 6.45) is 4.62. The molecule has 0 aromatic carbocycles. The van der Waals surface area contributed by atoms with Gasteiger partial charge in [0.15, 0.2) is 0 Å². The molecular formula is C12H20N2O3. The van der Waals surface area contributed by atoms with Crippen LogP contribution >= 0.6 is 0 Å². The molecule has 96 valence electrons. The first-order chi connectivity index (χ1) is 8.15. The number of carbonyl (C=O) groups excluding carboxylic acids is 1. The molecule has 1 saturated heterocycles. The number of hydrogen-bond acceptors (Lipinski definition) is 3. The number of aliphatic carboxylic acids is 1. The number of nitrogens with one attached hydrogen (secondary N) is 1. The molecule has 1 aliphatic heterocycles. The number of likely N-dealkylation sites (N-methyl/N-ethyl adjacent to an activating group) is 1. The molecule has 3 unspecified atom stereocenters. The number of nitrogens with zero attached hydrogens (tertiary/aromatic N) is 1. The molecule has 2 fully saturated rings. The van der Waals surface area contributed by atoms with E-state index in [1.165, 1.54) is 0 Å². The Morgan fingerprint density at radius 1 is 1.24 bits per heavy atom. The van der Waals surface area contributed by atoms with Crippen LogP contribution in [0.25, 0.3) is 0 Å². The molecule has 0 radical (unpaired) electrons. The van der Waals surface area contributed by atoms with E-state index in [-0.39, 0.29) is 23.9 Å². The fourth-order valence-corrected chi connectivity index (χ4v) is 2.97. The summed E-state index contributed by atoms with van der Waals surface area (Å²) in [6.45, 7) is 0.854. The van der Waals surface area contributed by atoms with Gasteiger partial charge in [-0.3, -0.25) is 14.5 Å². The van der Waals surface area contributed by atoms with Gasteiger partial charge >= 0.3 is 5.97 Å². The van der Waals surface area contributed by atoms with Crippen molar-refractivity contribution in [3.8, 4) is 0 Å². The molecule has 2 N–H and O–H groups in total. The summed E-state index contributed by atoms with van der Waals surface area (Å²) in [6, 6.07) is -0.0593. The number of carboxylic acids is 1. The van der Waals surface area contributed by atoms with Gasteiger partial charge < -0.3 is 10.4 Å². The number of carboxylic acid groups (broad SMARTS) is 1. The molecule has 0 aromatic heterocycles. The third-order valence-corrected chi connectivity index (χ3v) is 4.07. The van der Waals surface area contributed by atoms with Gasteiger partial charge in [-0.15, -0.1) is 0 Å². The van der Waals surface area contributed by atoms with Crippen LogP contribution in [0.2, 0.25) is 0 Å². The van der Waals surface area contributed by atoms with Crippen LogP contribution in [-0.2, 0) is 9.59 Å². The second-order valence-electron chi connectivity index (χ2n) is 4.95. The van der Waals surface area contributed by atoms with Crippen LogP contribution in [0.4, 0.5) is 0 Å². The first kappa shape index (κ1) is 12.4. The maximum Gasteiger partial charge on any atom is 0.308 e. The smallest absolute Gasteiger partial charge is 0.308 e. The maximum absolute atomic E-state index is 11.8. The van der Waals surface area contributed by atoms with Crippen molar-refractivity contribution < 1.29 is 14.7 Å². The Balaban J connectivity index is 2.06. The standard InChI is InChI=1S/C12H20N2O3/c1-13-11(15)10-4-2-3-7-14(10)9-6-5-8(9)12(16)17/h8-10H,2-7H2,1H3,(H,13,15)(H,16,17). The molecule has 17 heavy (non-hydrogen) atoms. The number of hydrogen-bond donors (Lipinski definition) is 2. The molecule has 1 heterocycles. The van der Waals surface area contributed by atoms with Crippen molar-refractivity contribution in [3.63, 3.8) is 0 Å². The first-order valence-corrected chi connectivity index (χ1v) is 6.35. The monoisotopic (exact) mass is 240 g/mol. The summed E-state index contributed by atoms with van der Waals surface area (Å²) < 4.78 is 0. The van der Waals surface area contributed by atoms with Crippen molar-refractivity contribution in [1.82, 2.24) is 10.2 Å². The molecule has 1 aliphatic carbocycles. The zero-order chi connectivity index (χ0) is 12.4. The van der Waals surface area contributed by atoms with E-state index < -0.39 is 5.97 Å². The summed E-state index contributed by atoms with van der Waals surface area (Å²) >= 11 is 0. The van der Waals surface area contributed by atoms with E-state index in [0.717, 1.165) is 38.6 Å². The predicted molar refractivity (Wildman–Crippen MR) is 62.6 cm³/mol. The Morgan fingerprint density at radius 2 is 2.00 bits per heavy atom. The van der Waals surface area contributed by atoms with Crippen molar-refractivity contribution in [2.45, 2.75) is 44.2 Å². The second-order valence-corrected chi connectivity index (χ2v) is 4.95. The third kappa shape index (κ3) is 2.29. The van der Waals surface area contributed by atoms with E-state index in [1.807, 2.05) is 0 Å². The van der Waals surface area contributed by atoms with Crippen molar-refractivity contribution in [2.75, 3.05) is 13.6 Å². The van der Waals surface area contributed by atoms with E-state index in [1.54, 1.807) is 7.05 Å². The van der Waals surface area contributed by atoms with Gasteiger partial charge in [0.2, 0.25) is 5.91 Å². The number of rotatable bonds is 3. The Bertz CT molecular complexity index is 319. The van der Waals surface area contributed by atoms with E-state index in [0.29, 0.717) is 0 Å². The van der Waals surface area contributed by atoms with Crippen LogP contribution in [-0.4, -0.2) is 47.6 Å². The first-order valence-electron chi connectivity index (χ1n) is 6.35. The number of piperidine rings is 1. The Labute approximate surface area is 101 Å². The Kier molecular flexibility index (Phi) is 3.66. The number of carbonyl (C=O) groups is 2. The quantitative estimate of drug-likeness (QED) is 0.751. The summed E-state index contributed by atoms with van der Waals surface area (Å²) in [5.41, 5.74) is 0. The highest BCUT2D eigenvalue weighted by molar-refractivity contribution is 5.81. The lowest BCUT2D eigenvalue weighted by Crippen LogP contribution is -2.59. The van der Waals surface area contributed by atoms with Gasteiger partial charge in [0.25, 0.3) is 0 Å². The Morgan fingerprint density at radius 3 is 2.53 bits per heavy atom. The van der Waals surface area contributed by atoms with Gasteiger partial charge in [-0.25, -0.2) is 0 Å². The molecule has 5 nitrogen and oxygen atoms in total. The summed E-state index contributed by atoms with van der Waals surface area (Å²) in [5.74, 6) is -0.969. The van der Waals surface area contributed by atoms with Gasteiger partial charge in [0, 0.05) is 13.1 Å². The lowest BCUT2D eigenvalue weighted by Gasteiger charge is -2.47. The van der Waals surface area contributed by atoms with Gasteiger partial charge in [0.05, 0.1) is 12.0 Å². The number of amides is 1. The molecule has 0 bridgehead atoms. The third-order valence-electron chi connectivity index (χ3n) is 4.07. The normalized spacial score (nSPS) is 33.8. The molecular weight excluding hydrogens is 220 g/mol. The fraction of sp³-hybridized carbons (Fsp3) is 0.833. The zero-order valence-electron chi connectivity index (χ0n) is 10.2. The van der Waals surface area contributed by atoms with Crippen molar-refractivity contribution >= 4 is 11.9 Å². The van der Waals surface area contributed by atoms with Crippen LogP contribution < -0.4 is 5.32 Å². The molecule has 3 atom stereocenters. The number of likely N-dealkylation sites (tertiary alicyclic amines) is 1. The highest BCUT2D eigenvalue weighted by Gasteiger charge is 2.44. The minimum Gasteiger partial charge on any atom is -0.481 e. The lowest BCUT2D eigenvalue weighted by atomic mass is 9.77. The predicted octanol–water partition coefficient (Wildman–Crippen LogP) is 0.450. The van der Waals surface area contributed by atoms with Gasteiger partial charge in [-0.1, -0.05) is 6.42 Å². The van der Waals surface area contributed by atoms with E-state index in [2.05, 4.69) is 10.2 Å². The molecule has 1 amide bonds. The van der Waals surface area contributed by atoms with Gasteiger partial charge in [-0.2, -0.15) is 0 Å². The van der Waals surface area contributed by atoms with Crippen molar-refractivity contribution in [1.29, 1.82) is 0 Å². The SMILES string of the molecule is CNC(=O)C1CCCCN1C1CCC1C(=O)O. The fourth-order valence-electron chi connectivity index (χ4n) is 2.97. The van der Waals surface area contributed by atoms with Gasteiger partial charge in [0.1, 0.15) is 0 Å². The average molecular weight is 240 g/mol. The van der Waals surface area contributed by atoms with E-state index in [9.17, 15) is 9.59 Å². The molecule has 0 aromatic rings. The van der Waals surface area contributed by atoms with Crippen LogP contribution in [0.3, 0.4) is 0 Å². The molecule has 1 saturated carbocycles. The Hall–Kier alpha value is -1.10. The van der Waals surface area contributed by atoms with Crippen molar-refractivity contribution in [3.05, 3.63) is 0 Å².